The largest absolute Gasteiger partial charge is 0.330 e. The first-order valence-corrected chi connectivity index (χ1v) is 13.6. The number of carbonyl (C=O) groups excluding carboxylic acids is 2. The standard InChI is InChI=1S/C30H35FN2O2S/c1-5-6-17-32(29(35)22-7-11-23(12-8-22)30(2,3)4)20-27(34)33-18-15-26-25(16-19-36-26)28(33)21-9-13-24(31)14-10-21/h7-14,16,19,28H,5-6,15,17-18,20H2,1-4H3. The molecule has 6 heteroatoms. The zero-order valence-corrected chi connectivity index (χ0v) is 22.4. The lowest BCUT2D eigenvalue weighted by Crippen LogP contribution is -2.47. The second-order valence-electron chi connectivity index (χ2n) is 10.5. The van der Waals surface area contributed by atoms with Gasteiger partial charge in [-0.05, 0) is 70.7 Å². The summed E-state index contributed by atoms with van der Waals surface area (Å²) < 4.78 is 13.7. The molecule has 0 aliphatic carbocycles. The number of hydrogen-bond donors (Lipinski definition) is 0. The van der Waals surface area contributed by atoms with Crippen molar-refractivity contribution in [3.8, 4) is 0 Å². The van der Waals surface area contributed by atoms with E-state index in [9.17, 15) is 14.0 Å². The van der Waals surface area contributed by atoms with Gasteiger partial charge in [0.2, 0.25) is 5.91 Å². The molecule has 1 unspecified atom stereocenters. The molecular weight excluding hydrogens is 471 g/mol. The van der Waals surface area contributed by atoms with E-state index in [2.05, 4.69) is 33.8 Å². The van der Waals surface area contributed by atoms with Crippen LogP contribution in [0, 0.1) is 5.82 Å². The number of benzene rings is 2. The maximum atomic E-state index is 13.7. The van der Waals surface area contributed by atoms with E-state index in [-0.39, 0.29) is 35.6 Å². The Balaban J connectivity index is 1.58. The summed E-state index contributed by atoms with van der Waals surface area (Å²) in [5.41, 5.74) is 3.74. The van der Waals surface area contributed by atoms with Crippen molar-refractivity contribution in [2.45, 2.75) is 58.4 Å². The number of carbonyl (C=O) groups is 2. The average molecular weight is 507 g/mol. The molecule has 1 atom stereocenters. The predicted octanol–water partition coefficient (Wildman–Crippen LogP) is 6.60. The maximum Gasteiger partial charge on any atom is 0.254 e. The molecule has 190 valence electrons. The number of unbranched alkanes of at least 4 members (excludes halogenated alkanes) is 1. The Hall–Kier alpha value is -2.99. The van der Waals surface area contributed by atoms with E-state index in [0.29, 0.717) is 18.7 Å². The lowest BCUT2D eigenvalue weighted by Gasteiger charge is -2.37. The summed E-state index contributed by atoms with van der Waals surface area (Å²) in [6.45, 7) is 9.64. The first kappa shape index (κ1) is 26.1. The predicted molar refractivity (Wildman–Crippen MR) is 144 cm³/mol. The summed E-state index contributed by atoms with van der Waals surface area (Å²) in [7, 11) is 0. The monoisotopic (exact) mass is 506 g/mol. The third-order valence-corrected chi connectivity index (χ3v) is 7.86. The van der Waals surface area contributed by atoms with Crippen LogP contribution in [0.25, 0.3) is 0 Å². The second kappa shape index (κ2) is 11.0. The quantitative estimate of drug-likeness (QED) is 0.362. The minimum absolute atomic E-state index is 0.00355. The maximum absolute atomic E-state index is 13.7. The van der Waals surface area contributed by atoms with Crippen LogP contribution in [0.4, 0.5) is 4.39 Å². The van der Waals surface area contributed by atoms with Gasteiger partial charge in [0.05, 0.1) is 6.04 Å². The summed E-state index contributed by atoms with van der Waals surface area (Å²) in [6.07, 6.45) is 2.55. The van der Waals surface area contributed by atoms with Crippen LogP contribution < -0.4 is 0 Å². The van der Waals surface area contributed by atoms with Crippen molar-refractivity contribution in [3.63, 3.8) is 0 Å². The molecule has 0 saturated carbocycles. The van der Waals surface area contributed by atoms with Gasteiger partial charge in [-0.25, -0.2) is 4.39 Å². The molecule has 0 saturated heterocycles. The zero-order valence-electron chi connectivity index (χ0n) is 21.6. The Morgan fingerprint density at radius 3 is 2.39 bits per heavy atom. The number of hydrogen-bond acceptors (Lipinski definition) is 3. The summed E-state index contributed by atoms with van der Waals surface area (Å²) >= 11 is 1.69. The molecule has 2 amide bonds. The molecule has 4 nitrogen and oxygen atoms in total. The van der Waals surface area contributed by atoms with Gasteiger partial charge in [0, 0.05) is 23.5 Å². The number of fused-ring (bicyclic) bond motifs is 1. The van der Waals surface area contributed by atoms with Crippen LogP contribution in [0.5, 0.6) is 0 Å². The van der Waals surface area contributed by atoms with Crippen molar-refractivity contribution < 1.29 is 14.0 Å². The molecule has 0 bridgehead atoms. The van der Waals surface area contributed by atoms with Gasteiger partial charge < -0.3 is 9.80 Å². The number of thiophene rings is 1. The fourth-order valence-electron chi connectivity index (χ4n) is 4.74. The summed E-state index contributed by atoms with van der Waals surface area (Å²) in [4.78, 5) is 32.0. The molecule has 0 N–H and O–H groups in total. The van der Waals surface area contributed by atoms with Crippen LogP contribution in [0.2, 0.25) is 0 Å². The van der Waals surface area contributed by atoms with Crippen molar-refractivity contribution in [2.75, 3.05) is 19.6 Å². The van der Waals surface area contributed by atoms with Gasteiger partial charge in [0.25, 0.3) is 5.91 Å². The van der Waals surface area contributed by atoms with E-state index in [1.807, 2.05) is 34.5 Å². The van der Waals surface area contributed by atoms with Crippen LogP contribution in [-0.2, 0) is 16.6 Å². The van der Waals surface area contributed by atoms with Crippen molar-refractivity contribution in [2.24, 2.45) is 0 Å². The first-order valence-electron chi connectivity index (χ1n) is 12.7. The summed E-state index contributed by atoms with van der Waals surface area (Å²) in [6, 6.07) is 15.9. The SMILES string of the molecule is CCCCN(CC(=O)N1CCc2sccc2C1c1ccc(F)cc1)C(=O)c1ccc(C(C)(C)C)cc1. The van der Waals surface area contributed by atoms with E-state index in [1.165, 1.54) is 17.0 Å². The number of halogens is 1. The minimum Gasteiger partial charge on any atom is -0.330 e. The Labute approximate surface area is 217 Å². The molecule has 1 aliphatic heterocycles. The van der Waals surface area contributed by atoms with E-state index in [4.69, 9.17) is 0 Å². The fourth-order valence-corrected chi connectivity index (χ4v) is 5.64. The van der Waals surface area contributed by atoms with Gasteiger partial charge in [-0.15, -0.1) is 11.3 Å². The highest BCUT2D eigenvalue weighted by molar-refractivity contribution is 7.10. The molecule has 3 aromatic rings. The molecule has 1 aromatic heterocycles. The molecule has 36 heavy (non-hydrogen) atoms. The molecule has 0 spiro atoms. The van der Waals surface area contributed by atoms with E-state index in [0.717, 1.165) is 36.0 Å². The van der Waals surface area contributed by atoms with Crippen molar-refractivity contribution >= 4 is 23.2 Å². The van der Waals surface area contributed by atoms with Crippen molar-refractivity contribution in [1.82, 2.24) is 9.80 Å². The minimum atomic E-state index is -0.299. The molecule has 4 rings (SSSR count). The molecular formula is C30H35FN2O2S. The van der Waals surface area contributed by atoms with Crippen LogP contribution >= 0.6 is 11.3 Å². The van der Waals surface area contributed by atoms with Gasteiger partial charge in [-0.3, -0.25) is 9.59 Å². The van der Waals surface area contributed by atoms with E-state index in [1.54, 1.807) is 28.4 Å². The lowest BCUT2D eigenvalue weighted by atomic mass is 9.86. The fraction of sp³-hybridized carbons (Fsp3) is 0.400. The smallest absolute Gasteiger partial charge is 0.254 e. The highest BCUT2D eigenvalue weighted by Gasteiger charge is 2.34. The van der Waals surface area contributed by atoms with Crippen LogP contribution in [0.15, 0.2) is 60.0 Å². The zero-order chi connectivity index (χ0) is 25.9. The Bertz CT molecular complexity index is 1190. The topological polar surface area (TPSA) is 40.6 Å². The Morgan fingerprint density at radius 1 is 1.06 bits per heavy atom. The number of rotatable bonds is 7. The molecule has 1 aliphatic rings. The third kappa shape index (κ3) is 5.70. The summed E-state index contributed by atoms with van der Waals surface area (Å²) in [5.74, 6) is -0.507. The summed E-state index contributed by atoms with van der Waals surface area (Å²) in [5, 5.41) is 2.05. The first-order chi connectivity index (χ1) is 17.2. The van der Waals surface area contributed by atoms with Crippen LogP contribution in [-0.4, -0.2) is 41.2 Å². The van der Waals surface area contributed by atoms with Gasteiger partial charge in [0.1, 0.15) is 12.4 Å². The third-order valence-electron chi connectivity index (χ3n) is 6.86. The number of nitrogens with zero attached hydrogens (tertiary/aromatic N) is 2. The molecule has 2 aromatic carbocycles. The highest BCUT2D eigenvalue weighted by atomic mass is 32.1. The van der Waals surface area contributed by atoms with Crippen LogP contribution in [0.1, 0.15) is 78.5 Å². The van der Waals surface area contributed by atoms with Gasteiger partial charge in [-0.2, -0.15) is 0 Å². The van der Waals surface area contributed by atoms with Crippen LogP contribution in [0.3, 0.4) is 0 Å². The van der Waals surface area contributed by atoms with E-state index < -0.39 is 0 Å². The van der Waals surface area contributed by atoms with Gasteiger partial charge >= 0.3 is 0 Å². The number of amides is 2. The average Bonchev–Trinajstić information content (AvgIpc) is 3.34. The lowest BCUT2D eigenvalue weighted by molar-refractivity contribution is -0.134. The molecule has 2 heterocycles. The Kier molecular flexibility index (Phi) is 7.94. The van der Waals surface area contributed by atoms with Gasteiger partial charge in [0.15, 0.2) is 0 Å². The molecule has 0 fully saturated rings. The normalized spacial score (nSPS) is 15.5. The second-order valence-corrected chi connectivity index (χ2v) is 11.5. The highest BCUT2D eigenvalue weighted by Crippen LogP contribution is 2.38. The van der Waals surface area contributed by atoms with Crippen molar-refractivity contribution in [1.29, 1.82) is 0 Å². The van der Waals surface area contributed by atoms with E-state index >= 15 is 0 Å². The molecule has 0 radical (unpaired) electrons. The van der Waals surface area contributed by atoms with Crippen molar-refractivity contribution in [3.05, 3.63) is 92.9 Å². The Morgan fingerprint density at radius 2 is 1.75 bits per heavy atom. The van der Waals surface area contributed by atoms with Gasteiger partial charge in [-0.1, -0.05) is 58.4 Å².